The number of fused-ring (bicyclic) bond motifs is 1. The molecule has 1 heterocycles. The fourth-order valence-corrected chi connectivity index (χ4v) is 3.28. The molecule has 0 saturated carbocycles. The number of rotatable bonds is 7. The minimum atomic E-state index is -0.445. The Bertz CT molecular complexity index is 1150. The number of hydrogen-bond donors (Lipinski definition) is 2. The highest BCUT2D eigenvalue weighted by Crippen LogP contribution is 2.24. The van der Waals surface area contributed by atoms with Crippen molar-refractivity contribution in [3.8, 4) is 5.75 Å². The Morgan fingerprint density at radius 2 is 1.93 bits per heavy atom. The molecule has 0 aliphatic heterocycles. The van der Waals surface area contributed by atoms with Gasteiger partial charge in [0.2, 0.25) is 5.91 Å². The second-order valence-corrected chi connectivity index (χ2v) is 6.91. The summed E-state index contributed by atoms with van der Waals surface area (Å²) in [6, 6.07) is 12.4. The Labute approximate surface area is 174 Å². The number of aryl methyl sites for hydroxylation is 1. The highest BCUT2D eigenvalue weighted by atomic mass is 16.5. The first-order valence-electron chi connectivity index (χ1n) is 9.61. The van der Waals surface area contributed by atoms with Crippen LogP contribution in [0.15, 0.2) is 51.7 Å². The molecule has 0 spiro atoms. The van der Waals surface area contributed by atoms with E-state index in [4.69, 9.17) is 9.15 Å². The van der Waals surface area contributed by atoms with Crippen molar-refractivity contribution in [3.63, 3.8) is 0 Å². The average molecular weight is 408 g/mol. The molecule has 0 radical (unpaired) electrons. The number of benzene rings is 2. The summed E-state index contributed by atoms with van der Waals surface area (Å²) in [5.74, 6) is 0.242. The molecule has 0 bridgehead atoms. The first-order valence-corrected chi connectivity index (χ1v) is 9.61. The molecular formula is C23H24N2O5. The molecule has 30 heavy (non-hydrogen) atoms. The van der Waals surface area contributed by atoms with Crippen LogP contribution in [-0.2, 0) is 17.8 Å². The second-order valence-electron chi connectivity index (χ2n) is 6.91. The summed E-state index contributed by atoms with van der Waals surface area (Å²) in [4.78, 5) is 36.4. The third-order valence-electron chi connectivity index (χ3n) is 5.00. The molecule has 2 amide bonds. The van der Waals surface area contributed by atoms with Gasteiger partial charge in [-0.05, 0) is 48.7 Å². The number of hydrogen-bond acceptors (Lipinski definition) is 5. The van der Waals surface area contributed by atoms with Crippen LogP contribution in [0.25, 0.3) is 11.0 Å². The van der Waals surface area contributed by atoms with Gasteiger partial charge in [-0.3, -0.25) is 9.59 Å². The predicted octanol–water partition coefficient (Wildman–Crippen LogP) is 2.72. The van der Waals surface area contributed by atoms with E-state index in [1.54, 1.807) is 44.5 Å². The minimum absolute atomic E-state index is 0.155. The zero-order chi connectivity index (χ0) is 21.7. The smallest absolute Gasteiger partial charge is 0.339 e. The van der Waals surface area contributed by atoms with Gasteiger partial charge < -0.3 is 19.8 Å². The van der Waals surface area contributed by atoms with E-state index >= 15 is 0 Å². The third kappa shape index (κ3) is 4.68. The topological polar surface area (TPSA) is 97.6 Å². The lowest BCUT2D eigenvalue weighted by molar-refractivity contribution is -0.121. The van der Waals surface area contributed by atoms with Crippen LogP contribution in [0, 0.1) is 6.92 Å². The monoisotopic (exact) mass is 408 g/mol. The molecular weight excluding hydrogens is 384 g/mol. The highest BCUT2D eigenvalue weighted by Gasteiger charge is 2.14. The molecule has 3 aromatic rings. The van der Waals surface area contributed by atoms with Crippen LogP contribution in [-0.4, -0.2) is 26.0 Å². The van der Waals surface area contributed by atoms with Gasteiger partial charge in [-0.2, -0.15) is 0 Å². The molecule has 0 saturated heterocycles. The highest BCUT2D eigenvalue weighted by molar-refractivity contribution is 5.94. The van der Waals surface area contributed by atoms with Crippen molar-refractivity contribution in [1.29, 1.82) is 0 Å². The second kappa shape index (κ2) is 9.26. The van der Waals surface area contributed by atoms with Crippen LogP contribution in [0.1, 0.15) is 33.5 Å². The van der Waals surface area contributed by atoms with Crippen molar-refractivity contribution >= 4 is 22.8 Å². The number of amides is 2. The number of nitrogens with one attached hydrogen (secondary N) is 2. The summed E-state index contributed by atoms with van der Waals surface area (Å²) in [5, 5.41) is 6.21. The van der Waals surface area contributed by atoms with Crippen LogP contribution in [0.4, 0.5) is 0 Å². The van der Waals surface area contributed by atoms with Crippen molar-refractivity contribution in [2.75, 3.05) is 14.2 Å². The Hall–Kier alpha value is -3.61. The van der Waals surface area contributed by atoms with Crippen LogP contribution in [0.5, 0.6) is 5.75 Å². The maximum absolute atomic E-state index is 12.4. The van der Waals surface area contributed by atoms with Gasteiger partial charge in [-0.1, -0.05) is 12.1 Å². The van der Waals surface area contributed by atoms with Crippen LogP contribution >= 0.6 is 0 Å². The standard InChI is InChI=1S/C23H24N2O5/c1-14-18-8-7-17(29-3)12-20(18)30-23(28)19(14)9-10-21(26)25-13-15-5-4-6-16(11-15)22(27)24-2/h4-8,11-12H,9-10,13H2,1-3H3,(H,24,27)(H,25,26). The van der Waals surface area contributed by atoms with Crippen molar-refractivity contribution in [2.45, 2.75) is 26.3 Å². The minimum Gasteiger partial charge on any atom is -0.497 e. The van der Waals surface area contributed by atoms with E-state index in [-0.39, 0.29) is 24.7 Å². The van der Waals surface area contributed by atoms with Gasteiger partial charge in [-0.15, -0.1) is 0 Å². The lowest BCUT2D eigenvalue weighted by Crippen LogP contribution is -2.24. The normalized spacial score (nSPS) is 10.6. The summed E-state index contributed by atoms with van der Waals surface area (Å²) >= 11 is 0. The lowest BCUT2D eigenvalue weighted by atomic mass is 10.0. The molecule has 7 heteroatoms. The van der Waals surface area contributed by atoms with Gasteiger partial charge in [0.15, 0.2) is 0 Å². The Morgan fingerprint density at radius 1 is 1.13 bits per heavy atom. The van der Waals surface area contributed by atoms with E-state index in [9.17, 15) is 14.4 Å². The predicted molar refractivity (Wildman–Crippen MR) is 114 cm³/mol. The Kier molecular flexibility index (Phi) is 6.51. The maximum atomic E-state index is 12.4. The van der Waals surface area contributed by atoms with Gasteiger partial charge in [-0.25, -0.2) is 4.79 Å². The van der Waals surface area contributed by atoms with Gasteiger partial charge in [0.25, 0.3) is 5.91 Å². The zero-order valence-electron chi connectivity index (χ0n) is 17.2. The summed E-state index contributed by atoms with van der Waals surface area (Å²) in [6.07, 6.45) is 0.433. The molecule has 3 rings (SSSR count). The molecule has 0 aliphatic carbocycles. The lowest BCUT2D eigenvalue weighted by Gasteiger charge is -2.10. The molecule has 0 fully saturated rings. The molecule has 0 atom stereocenters. The van der Waals surface area contributed by atoms with E-state index in [2.05, 4.69) is 10.6 Å². The maximum Gasteiger partial charge on any atom is 0.339 e. The van der Waals surface area contributed by atoms with E-state index in [1.807, 2.05) is 19.1 Å². The quantitative estimate of drug-likeness (QED) is 0.586. The van der Waals surface area contributed by atoms with Crippen molar-refractivity contribution in [1.82, 2.24) is 10.6 Å². The molecule has 7 nitrogen and oxygen atoms in total. The van der Waals surface area contributed by atoms with E-state index in [0.29, 0.717) is 29.0 Å². The van der Waals surface area contributed by atoms with Gasteiger partial charge in [0.1, 0.15) is 11.3 Å². The Balaban J connectivity index is 1.65. The third-order valence-corrected chi connectivity index (χ3v) is 5.00. The molecule has 156 valence electrons. The van der Waals surface area contributed by atoms with Crippen molar-refractivity contribution < 1.29 is 18.7 Å². The van der Waals surface area contributed by atoms with E-state index < -0.39 is 5.63 Å². The first kappa shape index (κ1) is 21.1. The molecule has 2 N–H and O–H groups in total. The zero-order valence-corrected chi connectivity index (χ0v) is 17.2. The van der Waals surface area contributed by atoms with Crippen LogP contribution < -0.4 is 21.0 Å². The summed E-state index contributed by atoms with van der Waals surface area (Å²) in [5.41, 5.74) is 2.66. The van der Waals surface area contributed by atoms with Crippen LogP contribution in [0.2, 0.25) is 0 Å². The van der Waals surface area contributed by atoms with E-state index in [1.165, 1.54) is 0 Å². The van der Waals surface area contributed by atoms with E-state index in [0.717, 1.165) is 16.5 Å². The SMILES string of the molecule is CNC(=O)c1cccc(CNC(=O)CCc2c(C)c3ccc(OC)cc3oc2=O)c1. The number of carbonyl (C=O) groups excluding carboxylic acids is 2. The molecule has 1 aromatic heterocycles. The summed E-state index contributed by atoms with van der Waals surface area (Å²) < 4.78 is 10.6. The first-order chi connectivity index (χ1) is 14.4. The molecule has 0 unspecified atom stereocenters. The molecule has 0 aliphatic rings. The number of ether oxygens (including phenoxy) is 1. The number of carbonyl (C=O) groups is 2. The average Bonchev–Trinajstić information content (AvgIpc) is 2.76. The number of methoxy groups -OCH3 is 1. The van der Waals surface area contributed by atoms with Gasteiger partial charge in [0, 0.05) is 42.6 Å². The summed E-state index contributed by atoms with van der Waals surface area (Å²) in [6.45, 7) is 2.15. The van der Waals surface area contributed by atoms with Crippen molar-refractivity contribution in [3.05, 3.63) is 75.1 Å². The van der Waals surface area contributed by atoms with Crippen molar-refractivity contribution in [2.24, 2.45) is 0 Å². The molecule has 2 aromatic carbocycles. The largest absolute Gasteiger partial charge is 0.497 e. The van der Waals surface area contributed by atoms with Gasteiger partial charge in [0.05, 0.1) is 7.11 Å². The fourth-order valence-electron chi connectivity index (χ4n) is 3.28. The van der Waals surface area contributed by atoms with Gasteiger partial charge >= 0.3 is 5.63 Å². The summed E-state index contributed by atoms with van der Waals surface area (Å²) in [7, 11) is 3.12. The fraction of sp³-hybridized carbons (Fsp3) is 0.261. The Morgan fingerprint density at radius 3 is 2.67 bits per heavy atom. The van der Waals surface area contributed by atoms with Crippen LogP contribution in [0.3, 0.4) is 0 Å².